The number of carbonyl (C=O) groups is 1. The number of aromatic nitrogens is 5. The highest BCUT2D eigenvalue weighted by molar-refractivity contribution is 6.00. The number of rotatable bonds is 7. The summed E-state index contributed by atoms with van der Waals surface area (Å²) in [5.41, 5.74) is 11.9. The van der Waals surface area contributed by atoms with Crippen LogP contribution < -0.4 is 10.5 Å². The molecule has 43 heavy (non-hydrogen) atoms. The third kappa shape index (κ3) is 5.02. The van der Waals surface area contributed by atoms with Crippen molar-refractivity contribution in [2.24, 2.45) is 18.7 Å². The third-order valence-electron chi connectivity index (χ3n) is 8.51. The van der Waals surface area contributed by atoms with Gasteiger partial charge in [-0.2, -0.15) is 0 Å². The summed E-state index contributed by atoms with van der Waals surface area (Å²) in [5.74, 6) is 1.54. The van der Waals surface area contributed by atoms with Gasteiger partial charge in [0, 0.05) is 48.9 Å². The Kier molecular flexibility index (Phi) is 6.86. The van der Waals surface area contributed by atoms with E-state index in [2.05, 4.69) is 21.7 Å². The first-order valence-electron chi connectivity index (χ1n) is 14.6. The van der Waals surface area contributed by atoms with E-state index in [9.17, 15) is 14.3 Å². The smallest absolute Gasteiger partial charge is 0.254 e. The van der Waals surface area contributed by atoms with Gasteiger partial charge in [0.15, 0.2) is 5.82 Å². The molecule has 5 aromatic rings. The number of amides is 1. The molecule has 3 N–H and O–H groups in total. The highest BCUT2D eigenvalue weighted by Gasteiger charge is 2.30. The first-order valence-corrected chi connectivity index (χ1v) is 14.6. The molecule has 2 atom stereocenters. The Morgan fingerprint density at radius 3 is 2.67 bits per heavy atom. The molecule has 1 saturated heterocycles. The molecule has 0 unspecified atom stereocenters. The van der Waals surface area contributed by atoms with Crippen LogP contribution in [-0.4, -0.2) is 72.4 Å². The normalized spacial score (nSPS) is 19.0. The van der Waals surface area contributed by atoms with Crippen molar-refractivity contribution in [3.8, 4) is 28.5 Å². The van der Waals surface area contributed by atoms with E-state index in [1.54, 1.807) is 31.5 Å². The quantitative estimate of drug-likeness (QED) is 0.296. The molecule has 0 radical (unpaired) electrons. The molecule has 222 valence electrons. The van der Waals surface area contributed by atoms with E-state index >= 15 is 0 Å². The molecule has 1 saturated carbocycles. The molecule has 5 heterocycles. The van der Waals surface area contributed by atoms with E-state index in [0.717, 1.165) is 45.9 Å². The SMILES string of the molecule is COc1cc(C(=O)N2C[C@H](N)C[C@@H](F)C2)cc2nc(-c3cc4ccc(-c5ccc(CO)nc5)nc4n3CC3CC3)n(C)c12. The van der Waals surface area contributed by atoms with Crippen LogP contribution in [0.5, 0.6) is 5.75 Å². The van der Waals surface area contributed by atoms with E-state index in [1.807, 2.05) is 23.7 Å². The number of ether oxygens (including phenoxy) is 1. The predicted molar refractivity (Wildman–Crippen MR) is 161 cm³/mol. The number of aliphatic hydroxyl groups excluding tert-OH is 1. The molecule has 2 fully saturated rings. The van der Waals surface area contributed by atoms with Gasteiger partial charge in [-0.05, 0) is 67.6 Å². The molecule has 1 aliphatic carbocycles. The van der Waals surface area contributed by atoms with Crippen molar-refractivity contribution in [3.63, 3.8) is 0 Å². The fourth-order valence-corrected chi connectivity index (χ4v) is 6.13. The lowest BCUT2D eigenvalue weighted by molar-refractivity contribution is 0.0606. The van der Waals surface area contributed by atoms with Gasteiger partial charge in [0.2, 0.25) is 0 Å². The van der Waals surface area contributed by atoms with Crippen LogP contribution in [0.3, 0.4) is 0 Å². The van der Waals surface area contributed by atoms with Gasteiger partial charge in [0.25, 0.3) is 5.91 Å². The van der Waals surface area contributed by atoms with Crippen molar-refractivity contribution in [2.75, 3.05) is 20.2 Å². The fraction of sp³-hybridized carbons (Fsp3) is 0.375. The number of halogens is 1. The molecule has 11 heteroatoms. The van der Waals surface area contributed by atoms with Gasteiger partial charge in [-0.25, -0.2) is 14.4 Å². The number of fused-ring (bicyclic) bond motifs is 2. The molecule has 1 aromatic carbocycles. The van der Waals surface area contributed by atoms with Crippen LogP contribution in [-0.2, 0) is 20.2 Å². The minimum Gasteiger partial charge on any atom is -0.494 e. The number of piperidine rings is 1. The summed E-state index contributed by atoms with van der Waals surface area (Å²) < 4.78 is 24.2. The van der Waals surface area contributed by atoms with Gasteiger partial charge in [-0.1, -0.05) is 0 Å². The number of nitrogens with two attached hydrogens (primary N) is 1. The summed E-state index contributed by atoms with van der Waals surface area (Å²) in [5, 5.41) is 10.4. The first-order chi connectivity index (χ1) is 20.8. The number of pyridine rings is 2. The van der Waals surface area contributed by atoms with Crippen LogP contribution in [0.25, 0.3) is 44.8 Å². The van der Waals surface area contributed by atoms with Crippen molar-refractivity contribution in [1.82, 2.24) is 29.0 Å². The van der Waals surface area contributed by atoms with E-state index in [0.29, 0.717) is 35.0 Å². The van der Waals surface area contributed by atoms with Gasteiger partial charge < -0.3 is 29.6 Å². The van der Waals surface area contributed by atoms with Crippen LogP contribution in [0.15, 0.2) is 48.7 Å². The summed E-state index contributed by atoms with van der Waals surface area (Å²) in [4.78, 5) is 29.3. The Balaban J connectivity index is 1.33. The number of benzene rings is 1. The van der Waals surface area contributed by atoms with Crippen LogP contribution in [0.2, 0.25) is 0 Å². The van der Waals surface area contributed by atoms with Crippen molar-refractivity contribution < 1.29 is 19.0 Å². The van der Waals surface area contributed by atoms with Crippen molar-refractivity contribution >= 4 is 28.0 Å². The molecule has 0 bridgehead atoms. The summed E-state index contributed by atoms with van der Waals surface area (Å²) >= 11 is 0. The number of methoxy groups -OCH3 is 1. The maximum absolute atomic E-state index is 14.2. The predicted octanol–water partition coefficient (Wildman–Crippen LogP) is 4.07. The van der Waals surface area contributed by atoms with E-state index in [4.69, 9.17) is 20.4 Å². The molecule has 1 aliphatic heterocycles. The minimum atomic E-state index is -1.14. The minimum absolute atomic E-state index is 0.0260. The van der Waals surface area contributed by atoms with Crippen LogP contribution in [0, 0.1) is 5.92 Å². The average molecular weight is 584 g/mol. The second-order valence-electron chi connectivity index (χ2n) is 11.7. The van der Waals surface area contributed by atoms with Crippen molar-refractivity contribution in [2.45, 2.75) is 44.6 Å². The van der Waals surface area contributed by atoms with Gasteiger partial charge in [-0.3, -0.25) is 9.78 Å². The third-order valence-corrected chi connectivity index (χ3v) is 8.51. The Labute approximate surface area is 247 Å². The Hall–Kier alpha value is -4.35. The number of hydrogen-bond acceptors (Lipinski definition) is 7. The maximum Gasteiger partial charge on any atom is 0.254 e. The molecule has 7 rings (SSSR count). The van der Waals surface area contributed by atoms with E-state index in [1.165, 1.54) is 17.7 Å². The standard InChI is InChI=1S/C32H34FN7O3/c1-38-29-26(9-21(11-28(29)43-2)32(42)39-15-22(33)12-23(34)16-39)37-31(38)27-10-19-6-8-25(20-5-7-24(17-41)35-13-20)36-30(19)40(27)14-18-3-4-18/h5-11,13,18,22-23,41H,3-4,12,14-17,34H2,1-2H3/t22-,23-/m1/s1. The van der Waals surface area contributed by atoms with Gasteiger partial charge >= 0.3 is 0 Å². The number of imidazole rings is 1. The molecule has 1 amide bonds. The van der Waals surface area contributed by atoms with Gasteiger partial charge in [0.1, 0.15) is 23.1 Å². The Morgan fingerprint density at radius 2 is 1.98 bits per heavy atom. The van der Waals surface area contributed by atoms with Gasteiger partial charge in [-0.15, -0.1) is 0 Å². The topological polar surface area (TPSA) is 124 Å². The van der Waals surface area contributed by atoms with E-state index in [-0.39, 0.29) is 25.5 Å². The highest BCUT2D eigenvalue weighted by atomic mass is 19.1. The van der Waals surface area contributed by atoms with Crippen molar-refractivity contribution in [3.05, 3.63) is 59.9 Å². The molecule has 10 nitrogen and oxygen atoms in total. The van der Waals surface area contributed by atoms with Crippen LogP contribution in [0.1, 0.15) is 35.3 Å². The second-order valence-corrected chi connectivity index (χ2v) is 11.7. The average Bonchev–Trinajstić information content (AvgIpc) is 3.68. The zero-order chi connectivity index (χ0) is 29.8. The lowest BCUT2D eigenvalue weighted by Crippen LogP contribution is -2.50. The summed E-state index contributed by atoms with van der Waals surface area (Å²) in [6.45, 7) is 1.05. The lowest BCUT2D eigenvalue weighted by atomic mass is 10.0. The Morgan fingerprint density at radius 1 is 1.14 bits per heavy atom. The number of carbonyl (C=O) groups excluding carboxylic acids is 1. The maximum atomic E-state index is 14.2. The van der Waals surface area contributed by atoms with E-state index < -0.39 is 12.2 Å². The molecular weight excluding hydrogens is 549 g/mol. The highest BCUT2D eigenvalue weighted by Crippen LogP contribution is 2.38. The summed E-state index contributed by atoms with van der Waals surface area (Å²) in [6, 6.07) is 12.9. The number of aliphatic hydroxyl groups is 1. The molecular formula is C32H34FN7O3. The van der Waals surface area contributed by atoms with Crippen molar-refractivity contribution in [1.29, 1.82) is 0 Å². The fourth-order valence-electron chi connectivity index (χ4n) is 6.13. The van der Waals surface area contributed by atoms with Crippen LogP contribution >= 0.6 is 0 Å². The monoisotopic (exact) mass is 583 g/mol. The number of nitrogens with zero attached hydrogens (tertiary/aromatic N) is 6. The summed E-state index contributed by atoms with van der Waals surface area (Å²) in [6.07, 6.45) is 3.20. The summed E-state index contributed by atoms with van der Waals surface area (Å²) in [7, 11) is 3.51. The number of aryl methyl sites for hydroxylation is 1. The number of alkyl halides is 1. The number of hydrogen-bond donors (Lipinski definition) is 2. The molecule has 2 aliphatic rings. The zero-order valence-electron chi connectivity index (χ0n) is 24.2. The zero-order valence-corrected chi connectivity index (χ0v) is 24.2. The van der Waals surface area contributed by atoms with Crippen LogP contribution in [0.4, 0.5) is 4.39 Å². The lowest BCUT2D eigenvalue weighted by Gasteiger charge is -2.33. The second kappa shape index (κ2) is 10.7. The first kappa shape index (κ1) is 27.5. The Bertz CT molecular complexity index is 1830. The molecule has 0 spiro atoms. The van der Waals surface area contributed by atoms with Gasteiger partial charge in [0.05, 0.1) is 42.9 Å². The number of likely N-dealkylation sites (tertiary alicyclic amines) is 1. The largest absolute Gasteiger partial charge is 0.494 e. The molecule has 4 aromatic heterocycles.